The highest BCUT2D eigenvalue weighted by molar-refractivity contribution is 6.05. The lowest BCUT2D eigenvalue weighted by Crippen LogP contribution is -2.28. The van der Waals surface area contributed by atoms with Crippen LogP contribution in [-0.2, 0) is 6.54 Å². The molecule has 2 aromatic heterocycles. The lowest BCUT2D eigenvalue weighted by atomic mass is 10.2. The summed E-state index contributed by atoms with van der Waals surface area (Å²) in [5.74, 6) is 1.15. The molecule has 0 amide bonds. The third kappa shape index (κ3) is 2.80. The standard InChI is InChI=1S/C16H19N3O4/c1-3-19(7-8-20)9-12-17-14-13-10(22-2)5-4-6-11(13)23-15(14)16(21)18-12/h4-6,20H,3,7-9H2,1-2H3,(H,17,18,21). The Bertz CT molecular complexity index is 884. The van der Waals surface area contributed by atoms with E-state index in [4.69, 9.17) is 14.3 Å². The van der Waals surface area contributed by atoms with E-state index in [9.17, 15) is 4.79 Å². The molecule has 0 unspecified atom stereocenters. The van der Waals surface area contributed by atoms with Crippen LogP contribution in [0.15, 0.2) is 27.4 Å². The van der Waals surface area contributed by atoms with E-state index in [2.05, 4.69) is 9.97 Å². The Hall–Kier alpha value is -2.38. The molecule has 122 valence electrons. The van der Waals surface area contributed by atoms with Gasteiger partial charge in [-0.05, 0) is 18.7 Å². The highest BCUT2D eigenvalue weighted by Gasteiger charge is 2.17. The van der Waals surface area contributed by atoms with Gasteiger partial charge in [0.15, 0.2) is 0 Å². The van der Waals surface area contributed by atoms with Gasteiger partial charge >= 0.3 is 0 Å². The second kappa shape index (κ2) is 6.39. The maximum absolute atomic E-state index is 12.3. The third-order valence-corrected chi connectivity index (χ3v) is 3.82. The molecule has 0 aliphatic rings. The van der Waals surface area contributed by atoms with Gasteiger partial charge in [-0.25, -0.2) is 4.98 Å². The van der Waals surface area contributed by atoms with Gasteiger partial charge in [0.25, 0.3) is 5.56 Å². The number of aromatic nitrogens is 2. The predicted octanol–water partition coefficient (Wildman–Crippen LogP) is 1.49. The minimum atomic E-state index is -0.316. The molecule has 23 heavy (non-hydrogen) atoms. The number of nitrogens with zero attached hydrogens (tertiary/aromatic N) is 2. The summed E-state index contributed by atoms with van der Waals surface area (Å²) in [5.41, 5.74) is 0.940. The largest absolute Gasteiger partial charge is 0.496 e. The number of aromatic amines is 1. The van der Waals surface area contributed by atoms with Gasteiger partial charge in [-0.2, -0.15) is 0 Å². The maximum atomic E-state index is 12.3. The van der Waals surface area contributed by atoms with E-state index < -0.39 is 0 Å². The maximum Gasteiger partial charge on any atom is 0.294 e. The fourth-order valence-corrected chi connectivity index (χ4v) is 2.66. The van der Waals surface area contributed by atoms with Crippen LogP contribution in [0.3, 0.4) is 0 Å². The molecule has 3 rings (SSSR count). The summed E-state index contributed by atoms with van der Waals surface area (Å²) in [7, 11) is 1.57. The number of fused-ring (bicyclic) bond motifs is 3. The number of aliphatic hydroxyl groups is 1. The molecule has 1 aromatic carbocycles. The quantitative estimate of drug-likeness (QED) is 0.716. The Labute approximate surface area is 132 Å². The van der Waals surface area contributed by atoms with Crippen LogP contribution >= 0.6 is 0 Å². The van der Waals surface area contributed by atoms with Crippen molar-refractivity contribution in [2.45, 2.75) is 13.5 Å². The van der Waals surface area contributed by atoms with Crippen LogP contribution < -0.4 is 10.3 Å². The second-order valence-corrected chi connectivity index (χ2v) is 5.22. The zero-order chi connectivity index (χ0) is 16.4. The fourth-order valence-electron chi connectivity index (χ4n) is 2.66. The van der Waals surface area contributed by atoms with Crippen LogP contribution in [0.4, 0.5) is 0 Å². The highest BCUT2D eigenvalue weighted by Crippen LogP contribution is 2.32. The molecule has 2 N–H and O–H groups in total. The van der Waals surface area contributed by atoms with E-state index in [1.54, 1.807) is 19.2 Å². The first-order chi connectivity index (χ1) is 11.2. The number of furan rings is 1. The number of hydrogen-bond acceptors (Lipinski definition) is 6. The predicted molar refractivity (Wildman–Crippen MR) is 86.7 cm³/mol. The molecule has 0 spiro atoms. The molecule has 7 heteroatoms. The number of methoxy groups -OCH3 is 1. The molecule has 0 aliphatic heterocycles. The molecule has 7 nitrogen and oxygen atoms in total. The number of likely N-dealkylation sites (N-methyl/N-ethyl adjacent to an activating group) is 1. The molecule has 0 saturated carbocycles. The Balaban J connectivity index is 2.16. The molecule has 2 heterocycles. The fraction of sp³-hybridized carbons (Fsp3) is 0.375. The highest BCUT2D eigenvalue weighted by atomic mass is 16.5. The van der Waals surface area contributed by atoms with Crippen molar-refractivity contribution in [1.82, 2.24) is 14.9 Å². The van der Waals surface area contributed by atoms with Crippen molar-refractivity contribution >= 4 is 22.1 Å². The van der Waals surface area contributed by atoms with Gasteiger partial charge in [0.1, 0.15) is 22.7 Å². The molecule has 0 radical (unpaired) electrons. The molecule has 0 saturated heterocycles. The van der Waals surface area contributed by atoms with Gasteiger partial charge in [-0.15, -0.1) is 0 Å². The van der Waals surface area contributed by atoms with Gasteiger partial charge in [-0.3, -0.25) is 9.69 Å². The Morgan fingerprint density at radius 2 is 2.26 bits per heavy atom. The lowest BCUT2D eigenvalue weighted by Gasteiger charge is -2.17. The summed E-state index contributed by atoms with van der Waals surface area (Å²) in [6.07, 6.45) is 0. The van der Waals surface area contributed by atoms with Crippen molar-refractivity contribution in [2.75, 3.05) is 26.8 Å². The van der Waals surface area contributed by atoms with E-state index in [-0.39, 0.29) is 17.7 Å². The molecular weight excluding hydrogens is 298 g/mol. The first-order valence-corrected chi connectivity index (χ1v) is 7.49. The average molecular weight is 317 g/mol. The van der Waals surface area contributed by atoms with Crippen molar-refractivity contribution in [3.63, 3.8) is 0 Å². The van der Waals surface area contributed by atoms with Crippen molar-refractivity contribution in [3.8, 4) is 5.75 Å². The topological polar surface area (TPSA) is 91.6 Å². The van der Waals surface area contributed by atoms with Crippen LogP contribution in [0, 0.1) is 0 Å². The molecule has 0 atom stereocenters. The summed E-state index contributed by atoms with van der Waals surface area (Å²) < 4.78 is 11.0. The normalized spacial score (nSPS) is 11.7. The summed E-state index contributed by atoms with van der Waals surface area (Å²) in [6, 6.07) is 5.39. The summed E-state index contributed by atoms with van der Waals surface area (Å²) in [6.45, 7) is 3.76. The second-order valence-electron chi connectivity index (χ2n) is 5.22. The van der Waals surface area contributed by atoms with Gasteiger partial charge in [-0.1, -0.05) is 13.0 Å². The summed E-state index contributed by atoms with van der Waals surface area (Å²) >= 11 is 0. The lowest BCUT2D eigenvalue weighted by molar-refractivity contribution is 0.194. The van der Waals surface area contributed by atoms with E-state index in [1.165, 1.54) is 0 Å². The summed E-state index contributed by atoms with van der Waals surface area (Å²) in [5, 5.41) is 9.78. The first kappa shape index (κ1) is 15.5. The molecular formula is C16H19N3O4. The van der Waals surface area contributed by atoms with Crippen LogP contribution in [0.2, 0.25) is 0 Å². The Morgan fingerprint density at radius 1 is 1.43 bits per heavy atom. The van der Waals surface area contributed by atoms with Crippen LogP contribution in [0.25, 0.3) is 22.1 Å². The summed E-state index contributed by atoms with van der Waals surface area (Å²) in [4.78, 5) is 21.6. The number of hydrogen-bond donors (Lipinski definition) is 2. The third-order valence-electron chi connectivity index (χ3n) is 3.82. The number of H-pyrrole nitrogens is 1. The minimum Gasteiger partial charge on any atom is -0.496 e. The van der Waals surface area contributed by atoms with Crippen molar-refractivity contribution in [1.29, 1.82) is 0 Å². The van der Waals surface area contributed by atoms with Gasteiger partial charge in [0, 0.05) is 6.54 Å². The SMILES string of the molecule is CCN(CCO)Cc1nc2c(oc3cccc(OC)c32)c(=O)[nH]1. The molecule has 0 bridgehead atoms. The first-order valence-electron chi connectivity index (χ1n) is 7.49. The van der Waals surface area contributed by atoms with E-state index in [0.29, 0.717) is 41.1 Å². The molecule has 3 aromatic rings. The minimum absolute atomic E-state index is 0.0583. The van der Waals surface area contributed by atoms with Crippen LogP contribution in [-0.4, -0.2) is 46.8 Å². The van der Waals surface area contributed by atoms with Crippen LogP contribution in [0.5, 0.6) is 5.75 Å². The smallest absolute Gasteiger partial charge is 0.294 e. The number of rotatable bonds is 6. The van der Waals surface area contributed by atoms with Crippen molar-refractivity contribution in [2.24, 2.45) is 0 Å². The van der Waals surface area contributed by atoms with Gasteiger partial charge in [0.05, 0.1) is 25.6 Å². The zero-order valence-corrected chi connectivity index (χ0v) is 13.1. The number of benzene rings is 1. The zero-order valence-electron chi connectivity index (χ0n) is 13.1. The monoisotopic (exact) mass is 317 g/mol. The van der Waals surface area contributed by atoms with Crippen LogP contribution in [0.1, 0.15) is 12.7 Å². The van der Waals surface area contributed by atoms with Crippen molar-refractivity contribution < 1.29 is 14.3 Å². The van der Waals surface area contributed by atoms with Gasteiger partial charge in [0.2, 0.25) is 5.58 Å². The van der Waals surface area contributed by atoms with E-state index >= 15 is 0 Å². The Morgan fingerprint density at radius 3 is 2.96 bits per heavy atom. The molecule has 0 fully saturated rings. The van der Waals surface area contributed by atoms with E-state index in [1.807, 2.05) is 17.9 Å². The molecule has 0 aliphatic carbocycles. The van der Waals surface area contributed by atoms with Crippen molar-refractivity contribution in [3.05, 3.63) is 34.4 Å². The average Bonchev–Trinajstić information content (AvgIpc) is 2.94. The number of nitrogens with one attached hydrogen (secondary N) is 1. The number of aliphatic hydroxyl groups excluding tert-OH is 1. The van der Waals surface area contributed by atoms with E-state index in [0.717, 1.165) is 6.54 Å². The van der Waals surface area contributed by atoms with Gasteiger partial charge < -0.3 is 19.2 Å². The Kier molecular flexibility index (Phi) is 4.31. The number of ether oxygens (including phenoxy) is 1.